The van der Waals surface area contributed by atoms with Gasteiger partial charge in [0.05, 0.1) is 0 Å². The molecule has 0 amide bonds. The Labute approximate surface area is 112 Å². The summed E-state index contributed by atoms with van der Waals surface area (Å²) >= 11 is 0. The molecule has 0 saturated carbocycles. The van der Waals surface area contributed by atoms with E-state index >= 15 is 0 Å². The van der Waals surface area contributed by atoms with Gasteiger partial charge in [-0.25, -0.2) is 0 Å². The van der Waals surface area contributed by atoms with E-state index in [-0.39, 0.29) is 0 Å². The molecule has 0 spiro atoms. The van der Waals surface area contributed by atoms with Gasteiger partial charge in [-0.2, -0.15) is 0 Å². The molecule has 4 rings (SSSR count). The van der Waals surface area contributed by atoms with Gasteiger partial charge in [0.2, 0.25) is 0 Å². The summed E-state index contributed by atoms with van der Waals surface area (Å²) in [6.07, 6.45) is 7.99. The van der Waals surface area contributed by atoms with E-state index in [0.29, 0.717) is 5.92 Å². The number of fused-ring (bicyclic) bond motifs is 2. The minimum atomic E-state index is 0.614. The molecular weight excluding hydrogens is 236 g/mol. The molecule has 0 unspecified atom stereocenters. The number of nitrogens with zero attached hydrogens (tertiary/aromatic N) is 1. The van der Waals surface area contributed by atoms with E-state index in [1.54, 1.807) is 0 Å². The standard InChI is InChI=1S/C16H18N2O/c1-3-11-6-8-17-10-13(11)12(4-1)16-9-14-15(19-16)5-2-7-18-14/h2,4-5,7,9,11,13,17H,1,3,6,8,10H2/t11-,13+/m1/s1. The molecule has 0 aromatic carbocycles. The summed E-state index contributed by atoms with van der Waals surface area (Å²) in [5, 5.41) is 3.52. The highest BCUT2D eigenvalue weighted by atomic mass is 16.3. The van der Waals surface area contributed by atoms with Crippen LogP contribution in [0.3, 0.4) is 0 Å². The fourth-order valence-electron chi connectivity index (χ4n) is 3.52. The number of aromatic nitrogens is 1. The second-order valence-electron chi connectivity index (χ2n) is 5.59. The monoisotopic (exact) mass is 254 g/mol. The maximum absolute atomic E-state index is 6.00. The van der Waals surface area contributed by atoms with Crippen LogP contribution in [0.1, 0.15) is 25.0 Å². The van der Waals surface area contributed by atoms with Crippen LogP contribution in [0.4, 0.5) is 0 Å². The predicted molar refractivity (Wildman–Crippen MR) is 75.7 cm³/mol. The second kappa shape index (κ2) is 4.49. The third-order valence-corrected chi connectivity index (χ3v) is 4.50. The van der Waals surface area contributed by atoms with E-state index in [1.165, 1.54) is 24.8 Å². The Kier molecular flexibility index (Phi) is 2.66. The number of hydrogen-bond donors (Lipinski definition) is 1. The Balaban J connectivity index is 1.75. The van der Waals surface area contributed by atoms with E-state index in [1.807, 2.05) is 18.3 Å². The number of nitrogens with one attached hydrogen (secondary N) is 1. The molecule has 2 atom stereocenters. The summed E-state index contributed by atoms with van der Waals surface area (Å²) in [7, 11) is 0. The highest BCUT2D eigenvalue weighted by Gasteiger charge is 2.32. The molecule has 1 aliphatic carbocycles. The first kappa shape index (κ1) is 11.2. The lowest BCUT2D eigenvalue weighted by Gasteiger charge is -2.36. The number of pyridine rings is 1. The van der Waals surface area contributed by atoms with Crippen molar-refractivity contribution in [1.29, 1.82) is 0 Å². The van der Waals surface area contributed by atoms with Crippen molar-refractivity contribution in [1.82, 2.24) is 10.3 Å². The lowest BCUT2D eigenvalue weighted by atomic mass is 9.74. The summed E-state index contributed by atoms with van der Waals surface area (Å²) in [6, 6.07) is 6.01. The van der Waals surface area contributed by atoms with Gasteiger partial charge in [0.25, 0.3) is 0 Å². The zero-order valence-corrected chi connectivity index (χ0v) is 10.9. The summed E-state index contributed by atoms with van der Waals surface area (Å²) in [5.41, 5.74) is 3.25. The third-order valence-electron chi connectivity index (χ3n) is 4.50. The zero-order valence-electron chi connectivity index (χ0n) is 10.9. The first-order valence-corrected chi connectivity index (χ1v) is 7.17. The molecule has 2 aliphatic rings. The molecule has 3 heterocycles. The molecule has 3 nitrogen and oxygen atoms in total. The van der Waals surface area contributed by atoms with Gasteiger partial charge in [0, 0.05) is 24.7 Å². The molecule has 19 heavy (non-hydrogen) atoms. The van der Waals surface area contributed by atoms with Crippen LogP contribution < -0.4 is 5.32 Å². The van der Waals surface area contributed by atoms with E-state index < -0.39 is 0 Å². The maximum Gasteiger partial charge on any atom is 0.153 e. The van der Waals surface area contributed by atoms with Crippen molar-refractivity contribution >= 4 is 16.7 Å². The lowest BCUT2D eigenvalue weighted by molar-refractivity contribution is 0.282. The summed E-state index contributed by atoms with van der Waals surface area (Å²) in [4.78, 5) is 4.36. The molecular formula is C16H18N2O. The average Bonchev–Trinajstić information content (AvgIpc) is 2.90. The van der Waals surface area contributed by atoms with Crippen molar-refractivity contribution in [2.45, 2.75) is 19.3 Å². The molecule has 3 heteroatoms. The first-order chi connectivity index (χ1) is 9.42. The molecule has 98 valence electrons. The minimum absolute atomic E-state index is 0.614. The van der Waals surface area contributed by atoms with E-state index in [4.69, 9.17) is 4.42 Å². The van der Waals surface area contributed by atoms with Gasteiger partial charge in [-0.05, 0) is 49.4 Å². The molecule has 0 bridgehead atoms. The molecule has 2 aromatic rings. The number of piperidine rings is 1. The quantitative estimate of drug-likeness (QED) is 0.849. The second-order valence-corrected chi connectivity index (χ2v) is 5.59. The molecule has 1 saturated heterocycles. The van der Waals surface area contributed by atoms with Crippen molar-refractivity contribution < 1.29 is 4.42 Å². The predicted octanol–water partition coefficient (Wildman–Crippen LogP) is 3.23. The van der Waals surface area contributed by atoms with Gasteiger partial charge in [-0.3, -0.25) is 4.98 Å². The van der Waals surface area contributed by atoms with Gasteiger partial charge in [-0.1, -0.05) is 6.08 Å². The van der Waals surface area contributed by atoms with Crippen LogP contribution in [0.25, 0.3) is 16.7 Å². The Hall–Kier alpha value is -1.61. The van der Waals surface area contributed by atoms with Crippen LogP contribution in [0.5, 0.6) is 0 Å². The highest BCUT2D eigenvalue weighted by Crippen LogP contribution is 2.40. The Morgan fingerprint density at radius 1 is 1.32 bits per heavy atom. The van der Waals surface area contributed by atoms with Crippen LogP contribution in [0.15, 0.2) is 34.9 Å². The van der Waals surface area contributed by atoms with Gasteiger partial charge in [0.15, 0.2) is 5.58 Å². The largest absolute Gasteiger partial charge is 0.455 e. The molecule has 2 aromatic heterocycles. The third kappa shape index (κ3) is 1.89. The number of allylic oxidation sites excluding steroid dienone is 1. The topological polar surface area (TPSA) is 38.1 Å². The smallest absolute Gasteiger partial charge is 0.153 e. The van der Waals surface area contributed by atoms with Gasteiger partial charge < -0.3 is 9.73 Å². The number of furan rings is 1. The van der Waals surface area contributed by atoms with Crippen molar-refractivity contribution in [3.05, 3.63) is 36.2 Å². The van der Waals surface area contributed by atoms with E-state index in [9.17, 15) is 0 Å². The summed E-state index contributed by atoms with van der Waals surface area (Å²) < 4.78 is 6.00. The van der Waals surface area contributed by atoms with Crippen molar-refractivity contribution in [3.63, 3.8) is 0 Å². The van der Waals surface area contributed by atoms with Gasteiger partial charge in [-0.15, -0.1) is 0 Å². The highest BCUT2D eigenvalue weighted by molar-refractivity contribution is 5.79. The van der Waals surface area contributed by atoms with Crippen molar-refractivity contribution in [2.75, 3.05) is 13.1 Å². The molecule has 0 radical (unpaired) electrons. The Morgan fingerprint density at radius 3 is 3.26 bits per heavy atom. The Bertz CT molecular complexity index is 595. The zero-order chi connectivity index (χ0) is 12.7. The SMILES string of the molecule is C1=C(c2cc3ncccc3o2)[C@H]2CNCC[C@H]2CC1. The Morgan fingerprint density at radius 2 is 2.32 bits per heavy atom. The van der Waals surface area contributed by atoms with Crippen LogP contribution in [0.2, 0.25) is 0 Å². The summed E-state index contributed by atoms with van der Waals surface area (Å²) in [6.45, 7) is 2.25. The van der Waals surface area contributed by atoms with E-state index in [2.05, 4.69) is 22.4 Å². The van der Waals surface area contributed by atoms with Crippen LogP contribution in [0, 0.1) is 11.8 Å². The fraction of sp³-hybridized carbons (Fsp3) is 0.438. The minimum Gasteiger partial charge on any atom is -0.455 e. The van der Waals surface area contributed by atoms with Crippen molar-refractivity contribution in [2.24, 2.45) is 11.8 Å². The fourth-order valence-corrected chi connectivity index (χ4v) is 3.52. The lowest BCUT2D eigenvalue weighted by Crippen LogP contribution is -2.38. The summed E-state index contributed by atoms with van der Waals surface area (Å²) in [5.74, 6) is 2.46. The first-order valence-electron chi connectivity index (χ1n) is 7.17. The van der Waals surface area contributed by atoms with E-state index in [0.717, 1.165) is 35.9 Å². The normalized spacial score (nSPS) is 27.1. The van der Waals surface area contributed by atoms with Gasteiger partial charge in [0.1, 0.15) is 11.3 Å². The average molecular weight is 254 g/mol. The molecule has 1 N–H and O–H groups in total. The van der Waals surface area contributed by atoms with Crippen LogP contribution in [-0.4, -0.2) is 18.1 Å². The van der Waals surface area contributed by atoms with Crippen molar-refractivity contribution in [3.8, 4) is 0 Å². The maximum atomic E-state index is 6.00. The van der Waals surface area contributed by atoms with Crippen LogP contribution in [-0.2, 0) is 0 Å². The molecule has 1 aliphatic heterocycles. The number of hydrogen-bond acceptors (Lipinski definition) is 3. The van der Waals surface area contributed by atoms with Gasteiger partial charge >= 0.3 is 0 Å². The molecule has 1 fully saturated rings. The van der Waals surface area contributed by atoms with Crippen LogP contribution >= 0.6 is 0 Å². The number of rotatable bonds is 1.